The molecule has 2 rings (SSSR count). The summed E-state index contributed by atoms with van der Waals surface area (Å²) in [7, 11) is 0. The van der Waals surface area contributed by atoms with Gasteiger partial charge >= 0.3 is 6.01 Å². The number of rotatable bonds is 4. The Morgan fingerprint density at radius 1 is 1.30 bits per heavy atom. The van der Waals surface area contributed by atoms with E-state index in [1.54, 1.807) is 12.1 Å². The lowest BCUT2D eigenvalue weighted by molar-refractivity contribution is 0.222. The number of nitrogens with one attached hydrogen (secondary N) is 1. The van der Waals surface area contributed by atoms with Crippen LogP contribution in [0.5, 0.6) is 6.01 Å². The van der Waals surface area contributed by atoms with Crippen molar-refractivity contribution in [3.05, 3.63) is 28.5 Å². The number of anilines is 3. The van der Waals surface area contributed by atoms with Crippen LogP contribution in [0.1, 0.15) is 13.8 Å². The molecular weight excluding hydrogens is 329 g/mol. The summed E-state index contributed by atoms with van der Waals surface area (Å²) in [6.45, 7) is 3.67. The zero-order valence-corrected chi connectivity index (χ0v) is 12.5. The van der Waals surface area contributed by atoms with Gasteiger partial charge in [0.2, 0.25) is 11.9 Å². The van der Waals surface area contributed by atoms with Crippen LogP contribution in [0.3, 0.4) is 0 Å². The van der Waals surface area contributed by atoms with Crippen LogP contribution in [0.2, 0.25) is 0 Å². The molecule has 2 aromatic rings. The minimum atomic E-state index is -0.440. The van der Waals surface area contributed by atoms with Crippen molar-refractivity contribution in [1.29, 1.82) is 0 Å². The molecule has 0 saturated carbocycles. The maximum absolute atomic E-state index is 13.7. The largest absolute Gasteiger partial charge is 0.461 e. The van der Waals surface area contributed by atoms with Crippen LogP contribution in [0, 0.1) is 5.82 Å². The molecular formula is C12H13BrFN5O. The van der Waals surface area contributed by atoms with Crippen molar-refractivity contribution < 1.29 is 9.13 Å². The highest BCUT2D eigenvalue weighted by molar-refractivity contribution is 9.10. The van der Waals surface area contributed by atoms with Gasteiger partial charge in [0.15, 0.2) is 0 Å². The first-order valence-electron chi connectivity index (χ1n) is 5.85. The van der Waals surface area contributed by atoms with Crippen molar-refractivity contribution in [3.63, 3.8) is 0 Å². The third-order valence-electron chi connectivity index (χ3n) is 2.17. The Bertz CT molecular complexity index is 603. The van der Waals surface area contributed by atoms with E-state index >= 15 is 0 Å². The number of para-hydroxylation sites is 1. The highest BCUT2D eigenvalue weighted by atomic mass is 79.9. The van der Waals surface area contributed by atoms with E-state index in [2.05, 4.69) is 36.2 Å². The molecule has 0 fully saturated rings. The number of halogens is 2. The van der Waals surface area contributed by atoms with Crippen LogP contribution in [0.25, 0.3) is 0 Å². The zero-order chi connectivity index (χ0) is 14.7. The van der Waals surface area contributed by atoms with Crippen molar-refractivity contribution in [2.45, 2.75) is 20.0 Å². The van der Waals surface area contributed by atoms with Gasteiger partial charge < -0.3 is 15.8 Å². The molecule has 0 aliphatic heterocycles. The van der Waals surface area contributed by atoms with E-state index in [1.165, 1.54) is 6.07 Å². The second-order valence-electron chi connectivity index (χ2n) is 4.19. The summed E-state index contributed by atoms with van der Waals surface area (Å²) in [5.74, 6) is -0.339. The molecule has 0 aliphatic carbocycles. The van der Waals surface area contributed by atoms with Gasteiger partial charge in [-0.3, -0.25) is 0 Å². The first kappa shape index (κ1) is 14.4. The summed E-state index contributed by atoms with van der Waals surface area (Å²) < 4.78 is 19.6. The summed E-state index contributed by atoms with van der Waals surface area (Å²) in [5, 5.41) is 2.75. The molecule has 0 saturated heterocycles. The summed E-state index contributed by atoms with van der Waals surface area (Å²) in [4.78, 5) is 11.8. The van der Waals surface area contributed by atoms with Crippen LogP contribution >= 0.6 is 15.9 Å². The summed E-state index contributed by atoms with van der Waals surface area (Å²) in [6, 6.07) is 4.69. The number of aromatic nitrogens is 3. The average molecular weight is 342 g/mol. The fraction of sp³-hybridized carbons (Fsp3) is 0.250. The fourth-order valence-corrected chi connectivity index (χ4v) is 1.86. The maximum Gasteiger partial charge on any atom is 0.323 e. The molecule has 106 valence electrons. The molecule has 0 radical (unpaired) electrons. The number of hydrogen-bond acceptors (Lipinski definition) is 6. The highest BCUT2D eigenvalue weighted by Gasteiger charge is 2.11. The minimum absolute atomic E-state index is 0.00869. The number of nitrogens with zero attached hydrogens (tertiary/aromatic N) is 3. The van der Waals surface area contributed by atoms with Gasteiger partial charge in [-0.05, 0) is 41.9 Å². The predicted molar refractivity (Wildman–Crippen MR) is 77.4 cm³/mol. The summed E-state index contributed by atoms with van der Waals surface area (Å²) >= 11 is 3.25. The van der Waals surface area contributed by atoms with E-state index in [0.717, 1.165) is 0 Å². The number of hydrogen-bond donors (Lipinski definition) is 2. The Kier molecular flexibility index (Phi) is 4.33. The monoisotopic (exact) mass is 341 g/mol. The third-order valence-corrected chi connectivity index (χ3v) is 2.83. The van der Waals surface area contributed by atoms with E-state index in [9.17, 15) is 4.39 Å². The van der Waals surface area contributed by atoms with Crippen molar-refractivity contribution >= 4 is 33.5 Å². The molecule has 1 aromatic carbocycles. The Morgan fingerprint density at radius 3 is 2.70 bits per heavy atom. The molecule has 1 aromatic heterocycles. The van der Waals surface area contributed by atoms with Crippen molar-refractivity contribution in [2.75, 3.05) is 11.1 Å². The second-order valence-corrected chi connectivity index (χ2v) is 5.04. The normalized spacial score (nSPS) is 10.7. The van der Waals surface area contributed by atoms with Gasteiger partial charge in [-0.15, -0.1) is 0 Å². The van der Waals surface area contributed by atoms with Gasteiger partial charge in [-0.2, -0.15) is 15.0 Å². The van der Waals surface area contributed by atoms with E-state index in [4.69, 9.17) is 10.5 Å². The van der Waals surface area contributed by atoms with Gasteiger partial charge in [0.25, 0.3) is 0 Å². The quantitative estimate of drug-likeness (QED) is 0.889. The Labute approximate surface area is 123 Å². The Morgan fingerprint density at radius 2 is 2.05 bits per heavy atom. The lowest BCUT2D eigenvalue weighted by Crippen LogP contribution is -2.12. The molecule has 1 heterocycles. The molecule has 0 amide bonds. The molecule has 6 nitrogen and oxygen atoms in total. The van der Waals surface area contributed by atoms with Crippen molar-refractivity contribution in [3.8, 4) is 6.01 Å². The topological polar surface area (TPSA) is 86.0 Å². The van der Waals surface area contributed by atoms with Crippen molar-refractivity contribution in [1.82, 2.24) is 15.0 Å². The zero-order valence-electron chi connectivity index (χ0n) is 10.9. The molecule has 0 spiro atoms. The maximum atomic E-state index is 13.7. The number of ether oxygens (including phenoxy) is 1. The molecule has 20 heavy (non-hydrogen) atoms. The van der Waals surface area contributed by atoms with Gasteiger partial charge in [0.1, 0.15) is 5.82 Å². The molecule has 0 atom stereocenters. The van der Waals surface area contributed by atoms with Crippen LogP contribution < -0.4 is 15.8 Å². The summed E-state index contributed by atoms with van der Waals surface area (Å²) in [5.41, 5.74) is 5.79. The van der Waals surface area contributed by atoms with Gasteiger partial charge in [0.05, 0.1) is 11.8 Å². The minimum Gasteiger partial charge on any atom is -0.461 e. The number of nitrogen functional groups attached to an aromatic ring is 1. The molecule has 8 heteroatoms. The number of benzene rings is 1. The first-order valence-corrected chi connectivity index (χ1v) is 6.64. The van der Waals surface area contributed by atoms with Crippen molar-refractivity contribution in [2.24, 2.45) is 0 Å². The van der Waals surface area contributed by atoms with Crippen LogP contribution in [0.15, 0.2) is 22.7 Å². The SMILES string of the molecule is CC(C)Oc1nc(N)nc(Nc2c(F)cccc2Br)n1. The van der Waals surface area contributed by atoms with Gasteiger partial charge in [0, 0.05) is 4.47 Å². The second kappa shape index (κ2) is 6.00. The van der Waals surface area contributed by atoms with Crippen LogP contribution in [-0.4, -0.2) is 21.1 Å². The van der Waals surface area contributed by atoms with Gasteiger partial charge in [-0.1, -0.05) is 6.07 Å². The van der Waals surface area contributed by atoms with E-state index in [-0.39, 0.29) is 29.7 Å². The smallest absolute Gasteiger partial charge is 0.323 e. The predicted octanol–water partition coefficient (Wildman–Crippen LogP) is 2.89. The fourth-order valence-electron chi connectivity index (χ4n) is 1.42. The Balaban J connectivity index is 2.31. The van der Waals surface area contributed by atoms with E-state index in [1.807, 2.05) is 13.8 Å². The van der Waals surface area contributed by atoms with Crippen LogP contribution in [0.4, 0.5) is 22.0 Å². The summed E-state index contributed by atoms with van der Waals surface area (Å²) in [6.07, 6.45) is -0.107. The van der Waals surface area contributed by atoms with Gasteiger partial charge in [-0.25, -0.2) is 4.39 Å². The lowest BCUT2D eigenvalue weighted by atomic mass is 10.3. The first-order chi connectivity index (χ1) is 9.45. The van der Waals surface area contributed by atoms with E-state index < -0.39 is 5.82 Å². The molecule has 0 bridgehead atoms. The van der Waals surface area contributed by atoms with E-state index in [0.29, 0.717) is 4.47 Å². The Hall–Kier alpha value is -1.96. The third kappa shape index (κ3) is 3.53. The molecule has 0 aliphatic rings. The van der Waals surface area contributed by atoms with Crippen LogP contribution in [-0.2, 0) is 0 Å². The highest BCUT2D eigenvalue weighted by Crippen LogP contribution is 2.27. The molecule has 0 unspecified atom stereocenters. The standard InChI is InChI=1S/C12H13BrFN5O/c1-6(2)20-12-18-10(15)17-11(19-12)16-9-7(13)4-3-5-8(9)14/h3-6H,1-2H3,(H3,15,16,17,18,19). The average Bonchev–Trinajstić information content (AvgIpc) is 2.32. The molecule has 3 N–H and O–H groups in total. The number of nitrogens with two attached hydrogens (primary N) is 1. The lowest BCUT2D eigenvalue weighted by Gasteiger charge is -2.11.